The number of ether oxygens (including phenoxy) is 2. The van der Waals surface area contributed by atoms with Gasteiger partial charge in [-0.05, 0) is 59.0 Å². The molecular formula is C32H32N6O4. The molecule has 10 nitrogen and oxygen atoms in total. The first kappa shape index (κ1) is 28.2. The first-order valence-electron chi connectivity index (χ1n) is 13.4. The summed E-state index contributed by atoms with van der Waals surface area (Å²) in [5.74, 6) is 0.736. The Labute approximate surface area is 243 Å². The maximum atomic E-state index is 13.8. The molecule has 2 amide bonds. The Morgan fingerprint density at radius 1 is 1.05 bits per heavy atom. The highest BCUT2D eigenvalue weighted by Crippen LogP contribution is 2.37. The molecule has 10 heteroatoms. The lowest BCUT2D eigenvalue weighted by molar-refractivity contribution is -0.127. The molecular weight excluding hydrogens is 532 g/mol. The summed E-state index contributed by atoms with van der Waals surface area (Å²) in [6.07, 6.45) is 6.01. The number of nitrogens with two attached hydrogens (primary N) is 3. The Morgan fingerprint density at radius 2 is 1.81 bits per heavy atom. The smallest absolute Gasteiger partial charge is 0.248 e. The normalized spacial score (nSPS) is 14.4. The molecule has 0 fully saturated rings. The highest BCUT2D eigenvalue weighted by atomic mass is 16.5. The van der Waals surface area contributed by atoms with Crippen LogP contribution in [0.5, 0.6) is 11.5 Å². The number of nitrogens with zero attached hydrogens (tertiary/aromatic N) is 3. The van der Waals surface area contributed by atoms with Crippen molar-refractivity contribution in [2.24, 2.45) is 5.73 Å². The second-order valence-corrected chi connectivity index (χ2v) is 9.94. The molecule has 6 N–H and O–H groups in total. The number of carbonyl (C=O) groups excluding carboxylic acids is 2. The highest BCUT2D eigenvalue weighted by molar-refractivity contribution is 5.94. The Kier molecular flexibility index (Phi) is 8.05. The molecule has 1 aliphatic rings. The summed E-state index contributed by atoms with van der Waals surface area (Å²) in [5.41, 5.74) is 22.9. The van der Waals surface area contributed by atoms with Gasteiger partial charge < -0.3 is 31.6 Å². The van der Waals surface area contributed by atoms with Crippen molar-refractivity contribution in [1.82, 2.24) is 14.9 Å². The van der Waals surface area contributed by atoms with Gasteiger partial charge in [0.15, 0.2) is 11.5 Å². The fourth-order valence-corrected chi connectivity index (χ4v) is 5.32. The third kappa shape index (κ3) is 5.73. The fraction of sp³-hybridized carbons (Fsp3) is 0.188. The molecule has 0 saturated heterocycles. The van der Waals surface area contributed by atoms with Gasteiger partial charge in [0.25, 0.3) is 0 Å². The van der Waals surface area contributed by atoms with Crippen molar-refractivity contribution in [3.05, 3.63) is 112 Å². The van der Waals surface area contributed by atoms with Gasteiger partial charge in [0.05, 0.1) is 20.3 Å². The quantitative estimate of drug-likeness (QED) is 0.274. The van der Waals surface area contributed by atoms with Gasteiger partial charge in [-0.25, -0.2) is 4.98 Å². The van der Waals surface area contributed by atoms with Crippen molar-refractivity contribution in [3.8, 4) is 11.5 Å². The topological polar surface area (TPSA) is 160 Å². The SMILES string of the molecule is COc1cc(Cc2cnc(N)nc2N)cc(/C=C/C(=O)N2CCc3ccccc3C2c2ccc(C(N)=O)cc2)c1OC. The van der Waals surface area contributed by atoms with E-state index in [1.165, 1.54) is 5.56 Å². The van der Waals surface area contributed by atoms with E-state index in [1.54, 1.807) is 44.7 Å². The van der Waals surface area contributed by atoms with Gasteiger partial charge in [-0.2, -0.15) is 4.98 Å². The standard InChI is InChI=1S/C32H32N6O4/c1-41-26-17-19(16-24-18-36-32(35)37-30(24)33)15-23(29(26)42-2)11-12-27(39)38-14-13-20-5-3-4-6-25(20)28(38)21-7-9-22(10-8-21)31(34)40/h3-12,15,17-18,28H,13-14,16H2,1-2H3,(H2,34,40)(H4,33,35,36,37)/b12-11+. The van der Waals surface area contributed by atoms with Crippen LogP contribution in [0, 0.1) is 0 Å². The van der Waals surface area contributed by atoms with E-state index in [0.29, 0.717) is 47.0 Å². The molecule has 2 heterocycles. The van der Waals surface area contributed by atoms with Crippen molar-refractivity contribution < 1.29 is 19.1 Å². The lowest BCUT2D eigenvalue weighted by Crippen LogP contribution is -2.39. The van der Waals surface area contributed by atoms with Crippen LogP contribution in [-0.4, -0.2) is 47.4 Å². The number of primary amides is 1. The zero-order valence-corrected chi connectivity index (χ0v) is 23.4. The summed E-state index contributed by atoms with van der Waals surface area (Å²) >= 11 is 0. The van der Waals surface area contributed by atoms with Crippen LogP contribution in [0.4, 0.5) is 11.8 Å². The number of benzene rings is 3. The molecule has 3 aromatic carbocycles. The van der Waals surface area contributed by atoms with Crippen LogP contribution in [0.1, 0.15) is 49.8 Å². The predicted molar refractivity (Wildman–Crippen MR) is 161 cm³/mol. The number of carbonyl (C=O) groups is 2. The second kappa shape index (κ2) is 12.0. The molecule has 1 unspecified atom stereocenters. The van der Waals surface area contributed by atoms with Crippen LogP contribution in [-0.2, 0) is 17.6 Å². The number of hydrogen-bond acceptors (Lipinski definition) is 8. The van der Waals surface area contributed by atoms with Gasteiger partial charge in [0.2, 0.25) is 17.8 Å². The van der Waals surface area contributed by atoms with E-state index in [1.807, 2.05) is 47.4 Å². The highest BCUT2D eigenvalue weighted by Gasteiger charge is 2.31. The zero-order chi connectivity index (χ0) is 29.8. The predicted octanol–water partition coefficient (Wildman–Crippen LogP) is 3.54. The summed E-state index contributed by atoms with van der Waals surface area (Å²) in [6, 6.07) is 18.6. The largest absolute Gasteiger partial charge is 0.493 e. The summed E-state index contributed by atoms with van der Waals surface area (Å²) in [4.78, 5) is 35.4. The molecule has 0 bridgehead atoms. The number of methoxy groups -OCH3 is 2. The van der Waals surface area contributed by atoms with Gasteiger partial charge in [0.1, 0.15) is 5.82 Å². The number of rotatable bonds is 8. The van der Waals surface area contributed by atoms with Crippen LogP contribution in [0.15, 0.2) is 72.9 Å². The molecule has 214 valence electrons. The molecule has 0 spiro atoms. The average molecular weight is 565 g/mol. The first-order valence-corrected chi connectivity index (χ1v) is 13.4. The van der Waals surface area contributed by atoms with Crippen molar-refractivity contribution in [3.63, 3.8) is 0 Å². The number of hydrogen-bond donors (Lipinski definition) is 3. The van der Waals surface area contributed by atoms with Crippen LogP contribution < -0.4 is 26.7 Å². The summed E-state index contributed by atoms with van der Waals surface area (Å²) in [5, 5.41) is 0. The summed E-state index contributed by atoms with van der Waals surface area (Å²) in [6.45, 7) is 0.527. The molecule has 1 aromatic heterocycles. The van der Waals surface area contributed by atoms with Crippen LogP contribution in [0.2, 0.25) is 0 Å². The Bertz CT molecular complexity index is 1670. The van der Waals surface area contributed by atoms with Crippen LogP contribution in [0.3, 0.4) is 0 Å². The molecule has 0 radical (unpaired) electrons. The van der Waals surface area contributed by atoms with Crippen molar-refractivity contribution in [1.29, 1.82) is 0 Å². The van der Waals surface area contributed by atoms with Crippen molar-refractivity contribution in [2.45, 2.75) is 18.9 Å². The number of nitrogen functional groups attached to an aromatic ring is 2. The third-order valence-electron chi connectivity index (χ3n) is 7.36. The summed E-state index contributed by atoms with van der Waals surface area (Å²) in [7, 11) is 3.11. The molecule has 1 aliphatic heterocycles. The van der Waals surface area contributed by atoms with E-state index in [0.717, 1.165) is 23.1 Å². The van der Waals surface area contributed by atoms with E-state index in [-0.39, 0.29) is 17.9 Å². The van der Waals surface area contributed by atoms with E-state index in [4.69, 9.17) is 26.7 Å². The summed E-state index contributed by atoms with van der Waals surface area (Å²) < 4.78 is 11.3. The lowest BCUT2D eigenvalue weighted by Gasteiger charge is -2.37. The first-order chi connectivity index (χ1) is 20.3. The number of amides is 2. The fourth-order valence-electron chi connectivity index (χ4n) is 5.32. The number of anilines is 2. The van der Waals surface area contributed by atoms with Crippen LogP contribution in [0.25, 0.3) is 6.08 Å². The van der Waals surface area contributed by atoms with E-state index in [9.17, 15) is 9.59 Å². The maximum absolute atomic E-state index is 13.8. The third-order valence-corrected chi connectivity index (χ3v) is 7.36. The lowest BCUT2D eigenvalue weighted by atomic mass is 9.87. The van der Waals surface area contributed by atoms with Gasteiger partial charge in [-0.1, -0.05) is 36.4 Å². The maximum Gasteiger partial charge on any atom is 0.248 e. The zero-order valence-electron chi connectivity index (χ0n) is 23.4. The number of aromatic nitrogens is 2. The molecule has 42 heavy (non-hydrogen) atoms. The van der Waals surface area contributed by atoms with Gasteiger partial charge >= 0.3 is 0 Å². The Hall–Kier alpha value is -5.38. The van der Waals surface area contributed by atoms with Gasteiger partial charge in [0, 0.05) is 41.9 Å². The van der Waals surface area contributed by atoms with E-state index >= 15 is 0 Å². The van der Waals surface area contributed by atoms with E-state index < -0.39 is 5.91 Å². The Balaban J connectivity index is 1.48. The van der Waals surface area contributed by atoms with Crippen molar-refractivity contribution in [2.75, 3.05) is 32.2 Å². The molecule has 1 atom stereocenters. The molecule has 0 aliphatic carbocycles. The Morgan fingerprint density at radius 3 is 2.50 bits per heavy atom. The molecule has 5 rings (SSSR count). The monoisotopic (exact) mass is 564 g/mol. The molecule has 0 saturated carbocycles. The van der Waals surface area contributed by atoms with Crippen molar-refractivity contribution >= 4 is 29.7 Å². The minimum absolute atomic E-state index is 0.105. The average Bonchev–Trinajstić information content (AvgIpc) is 3.00. The number of fused-ring (bicyclic) bond motifs is 1. The van der Waals surface area contributed by atoms with Gasteiger partial charge in [-0.15, -0.1) is 0 Å². The second-order valence-electron chi connectivity index (χ2n) is 9.94. The minimum Gasteiger partial charge on any atom is -0.493 e. The van der Waals surface area contributed by atoms with Crippen LogP contribution >= 0.6 is 0 Å². The minimum atomic E-state index is -0.500. The molecule has 4 aromatic rings. The van der Waals surface area contributed by atoms with Gasteiger partial charge in [-0.3, -0.25) is 9.59 Å². The van der Waals surface area contributed by atoms with E-state index in [2.05, 4.69) is 16.0 Å².